The molecule has 1 saturated heterocycles. The maximum absolute atomic E-state index is 12.0. The summed E-state index contributed by atoms with van der Waals surface area (Å²) in [5, 5.41) is 7.02. The summed E-state index contributed by atoms with van der Waals surface area (Å²) >= 11 is 8.06. The molecule has 0 saturated carbocycles. The molecule has 1 fully saturated rings. The summed E-state index contributed by atoms with van der Waals surface area (Å²) in [6.07, 6.45) is 1.99. The topological polar surface area (TPSA) is 41.1 Å². The highest BCUT2D eigenvalue weighted by atomic mass is 127. The SMILES string of the molecule is Cl.O=C(NC1CCNCC1)c1ccc(Cl)c(I)c1. The molecule has 100 valence electrons. The first-order valence-electron chi connectivity index (χ1n) is 5.63. The quantitative estimate of drug-likeness (QED) is 0.749. The van der Waals surface area contributed by atoms with E-state index in [0.29, 0.717) is 10.6 Å². The lowest BCUT2D eigenvalue weighted by Crippen LogP contribution is -2.42. The molecule has 1 heterocycles. The first-order chi connectivity index (χ1) is 8.16. The van der Waals surface area contributed by atoms with Crippen molar-refractivity contribution in [2.24, 2.45) is 0 Å². The molecule has 0 atom stereocenters. The van der Waals surface area contributed by atoms with Crippen molar-refractivity contribution >= 4 is 52.5 Å². The summed E-state index contributed by atoms with van der Waals surface area (Å²) in [6, 6.07) is 5.64. The van der Waals surface area contributed by atoms with Crippen LogP contribution in [-0.4, -0.2) is 25.0 Å². The van der Waals surface area contributed by atoms with E-state index in [0.717, 1.165) is 29.5 Å². The van der Waals surface area contributed by atoms with Gasteiger partial charge in [0.25, 0.3) is 5.91 Å². The zero-order chi connectivity index (χ0) is 12.3. The van der Waals surface area contributed by atoms with Gasteiger partial charge in [-0.15, -0.1) is 12.4 Å². The standard InChI is InChI=1S/C12H14ClIN2O.ClH/c13-10-2-1-8(7-11(10)14)12(17)16-9-3-5-15-6-4-9;/h1-2,7,9,15H,3-6H2,(H,16,17);1H. The van der Waals surface area contributed by atoms with Gasteiger partial charge in [-0.25, -0.2) is 0 Å². The summed E-state index contributed by atoms with van der Waals surface area (Å²) in [5.74, 6) is -0.00789. The highest BCUT2D eigenvalue weighted by Gasteiger charge is 2.16. The first-order valence-corrected chi connectivity index (χ1v) is 7.09. The van der Waals surface area contributed by atoms with Crippen LogP contribution in [0.5, 0.6) is 0 Å². The van der Waals surface area contributed by atoms with E-state index in [1.165, 1.54) is 0 Å². The van der Waals surface area contributed by atoms with E-state index in [9.17, 15) is 4.79 Å². The molecule has 18 heavy (non-hydrogen) atoms. The number of nitrogens with one attached hydrogen (secondary N) is 2. The Labute approximate surface area is 132 Å². The molecule has 1 aromatic carbocycles. The van der Waals surface area contributed by atoms with E-state index < -0.39 is 0 Å². The smallest absolute Gasteiger partial charge is 0.251 e. The van der Waals surface area contributed by atoms with Gasteiger partial charge in [0.15, 0.2) is 0 Å². The fourth-order valence-corrected chi connectivity index (χ4v) is 2.51. The highest BCUT2D eigenvalue weighted by molar-refractivity contribution is 14.1. The van der Waals surface area contributed by atoms with Gasteiger partial charge in [0.2, 0.25) is 0 Å². The van der Waals surface area contributed by atoms with E-state index in [4.69, 9.17) is 11.6 Å². The fraction of sp³-hybridized carbons (Fsp3) is 0.417. The molecule has 0 radical (unpaired) electrons. The molecule has 1 aliphatic heterocycles. The Balaban J connectivity index is 0.00000162. The molecule has 0 unspecified atom stereocenters. The molecule has 0 bridgehead atoms. The third-order valence-electron chi connectivity index (χ3n) is 2.86. The van der Waals surface area contributed by atoms with Crippen molar-refractivity contribution in [3.63, 3.8) is 0 Å². The van der Waals surface area contributed by atoms with Gasteiger partial charge in [-0.2, -0.15) is 0 Å². The number of halogens is 3. The number of hydrogen-bond donors (Lipinski definition) is 2. The van der Waals surface area contributed by atoms with Crippen LogP contribution in [0.3, 0.4) is 0 Å². The Bertz CT molecular complexity index is 423. The van der Waals surface area contributed by atoms with Crippen molar-refractivity contribution in [1.82, 2.24) is 10.6 Å². The van der Waals surface area contributed by atoms with Crippen molar-refractivity contribution in [1.29, 1.82) is 0 Å². The van der Waals surface area contributed by atoms with Crippen molar-refractivity contribution < 1.29 is 4.79 Å². The van der Waals surface area contributed by atoms with Crippen molar-refractivity contribution in [2.45, 2.75) is 18.9 Å². The molecular weight excluding hydrogens is 386 g/mol. The number of carbonyl (C=O) groups excluding carboxylic acids is 1. The summed E-state index contributed by atoms with van der Waals surface area (Å²) in [7, 11) is 0. The molecule has 1 aromatic rings. The molecule has 2 N–H and O–H groups in total. The molecule has 3 nitrogen and oxygen atoms in total. The molecule has 1 aliphatic rings. The van der Waals surface area contributed by atoms with Crippen LogP contribution in [0.4, 0.5) is 0 Å². The third kappa shape index (κ3) is 4.26. The van der Waals surface area contributed by atoms with Gasteiger partial charge in [-0.1, -0.05) is 11.6 Å². The molecule has 6 heteroatoms. The molecule has 0 spiro atoms. The third-order valence-corrected chi connectivity index (χ3v) is 4.40. The predicted molar refractivity (Wildman–Crippen MR) is 84.8 cm³/mol. The Hall–Kier alpha value is -0.0400. The van der Waals surface area contributed by atoms with E-state index in [1.807, 2.05) is 6.07 Å². The Morgan fingerprint density at radius 1 is 1.39 bits per heavy atom. The van der Waals surface area contributed by atoms with E-state index in [1.54, 1.807) is 12.1 Å². The number of piperidine rings is 1. The summed E-state index contributed by atoms with van der Waals surface area (Å²) in [5.41, 5.74) is 0.678. The lowest BCUT2D eigenvalue weighted by Gasteiger charge is -2.23. The average molecular weight is 401 g/mol. The van der Waals surface area contributed by atoms with Crippen LogP contribution in [0.2, 0.25) is 5.02 Å². The van der Waals surface area contributed by atoms with Gasteiger partial charge in [-0.05, 0) is 66.7 Å². The first kappa shape index (κ1) is 16.0. The van der Waals surface area contributed by atoms with Crippen LogP contribution < -0.4 is 10.6 Å². The fourth-order valence-electron chi connectivity index (χ4n) is 1.87. The molecule has 0 aliphatic carbocycles. The van der Waals surface area contributed by atoms with Crippen LogP contribution in [-0.2, 0) is 0 Å². The number of rotatable bonds is 2. The number of amides is 1. The van der Waals surface area contributed by atoms with Crippen molar-refractivity contribution in [3.05, 3.63) is 32.4 Å². The lowest BCUT2D eigenvalue weighted by molar-refractivity contribution is 0.0929. The predicted octanol–water partition coefficient (Wildman–Crippen LogP) is 2.85. The maximum atomic E-state index is 12.0. The second-order valence-corrected chi connectivity index (χ2v) is 5.70. The lowest BCUT2D eigenvalue weighted by atomic mass is 10.1. The van der Waals surface area contributed by atoms with Crippen LogP contribution >= 0.6 is 46.6 Å². The van der Waals surface area contributed by atoms with Crippen LogP contribution in [0, 0.1) is 3.57 Å². The van der Waals surface area contributed by atoms with Crippen LogP contribution in [0.1, 0.15) is 23.2 Å². The highest BCUT2D eigenvalue weighted by Crippen LogP contribution is 2.19. The number of hydrogen-bond acceptors (Lipinski definition) is 2. The van der Waals surface area contributed by atoms with Gasteiger partial charge in [0.05, 0.1) is 5.02 Å². The Morgan fingerprint density at radius 2 is 2.06 bits per heavy atom. The molecule has 1 amide bonds. The Kier molecular flexibility index (Phi) is 6.70. The van der Waals surface area contributed by atoms with Gasteiger partial charge in [0.1, 0.15) is 0 Å². The molecule has 0 aromatic heterocycles. The largest absolute Gasteiger partial charge is 0.349 e. The van der Waals surface area contributed by atoms with Crippen molar-refractivity contribution in [2.75, 3.05) is 13.1 Å². The van der Waals surface area contributed by atoms with E-state index in [-0.39, 0.29) is 24.4 Å². The van der Waals surface area contributed by atoms with Gasteiger partial charge in [-0.3, -0.25) is 4.79 Å². The Morgan fingerprint density at radius 3 is 2.67 bits per heavy atom. The molecule has 2 rings (SSSR count). The van der Waals surface area contributed by atoms with Crippen LogP contribution in [0.25, 0.3) is 0 Å². The zero-order valence-corrected chi connectivity index (χ0v) is 13.4. The van der Waals surface area contributed by atoms with Crippen LogP contribution in [0.15, 0.2) is 18.2 Å². The summed E-state index contributed by atoms with van der Waals surface area (Å²) in [6.45, 7) is 1.95. The maximum Gasteiger partial charge on any atom is 0.251 e. The normalized spacial score (nSPS) is 15.9. The molecular formula is C12H15Cl2IN2O. The van der Waals surface area contributed by atoms with E-state index >= 15 is 0 Å². The van der Waals surface area contributed by atoms with Gasteiger partial charge in [0, 0.05) is 15.2 Å². The minimum atomic E-state index is -0.00789. The minimum absolute atomic E-state index is 0. The number of benzene rings is 1. The van der Waals surface area contributed by atoms with Gasteiger partial charge < -0.3 is 10.6 Å². The second-order valence-electron chi connectivity index (χ2n) is 4.13. The summed E-state index contributed by atoms with van der Waals surface area (Å²) < 4.78 is 0.905. The monoisotopic (exact) mass is 400 g/mol. The van der Waals surface area contributed by atoms with Crippen molar-refractivity contribution in [3.8, 4) is 0 Å². The summed E-state index contributed by atoms with van der Waals surface area (Å²) in [4.78, 5) is 12.0. The average Bonchev–Trinajstić information content (AvgIpc) is 2.34. The van der Waals surface area contributed by atoms with Gasteiger partial charge >= 0.3 is 0 Å². The number of carbonyl (C=O) groups is 1. The minimum Gasteiger partial charge on any atom is -0.349 e. The second kappa shape index (κ2) is 7.53. The zero-order valence-electron chi connectivity index (χ0n) is 9.71. The van der Waals surface area contributed by atoms with E-state index in [2.05, 4.69) is 33.2 Å².